The maximum absolute atomic E-state index is 13.1. The van der Waals surface area contributed by atoms with Gasteiger partial charge < -0.3 is 15.5 Å². The molecule has 0 aliphatic rings. The van der Waals surface area contributed by atoms with E-state index in [4.69, 9.17) is 28.3 Å². The van der Waals surface area contributed by atoms with Crippen LogP contribution in [-0.4, -0.2) is 39.2 Å². The Bertz CT molecular complexity index is 1210. The van der Waals surface area contributed by atoms with Gasteiger partial charge in [0.1, 0.15) is 12.4 Å². The zero-order valence-corrected chi connectivity index (χ0v) is 22.3. The lowest BCUT2D eigenvalue weighted by molar-refractivity contribution is -0.117. The summed E-state index contributed by atoms with van der Waals surface area (Å²) in [4.78, 5) is 27.5. The summed E-state index contributed by atoms with van der Waals surface area (Å²) < 4.78 is 1.62. The molecule has 2 aromatic carbocycles. The Balaban J connectivity index is 1.83. The number of carbonyl (C=O) groups is 2. The van der Waals surface area contributed by atoms with Crippen LogP contribution in [0.2, 0.25) is 10.0 Å². The van der Waals surface area contributed by atoms with Crippen LogP contribution in [0, 0.1) is 6.92 Å². The second kappa shape index (κ2) is 10.7. The molecule has 7 nitrogen and oxygen atoms in total. The van der Waals surface area contributed by atoms with Crippen molar-refractivity contribution in [1.82, 2.24) is 14.7 Å². The average molecular weight is 516 g/mol. The molecule has 0 unspecified atom stereocenters. The number of rotatable bonds is 6. The number of urea groups is 1. The van der Waals surface area contributed by atoms with Crippen LogP contribution in [-0.2, 0) is 10.2 Å². The molecule has 2 N–H and O–H groups in total. The van der Waals surface area contributed by atoms with Crippen molar-refractivity contribution in [2.75, 3.05) is 17.2 Å². The van der Waals surface area contributed by atoms with E-state index in [2.05, 4.69) is 10.6 Å². The van der Waals surface area contributed by atoms with E-state index >= 15 is 0 Å². The Morgan fingerprint density at radius 2 is 1.66 bits per heavy atom. The minimum absolute atomic E-state index is 0.132. The molecule has 0 bridgehead atoms. The fourth-order valence-electron chi connectivity index (χ4n) is 3.31. The van der Waals surface area contributed by atoms with Crippen LogP contribution >= 0.6 is 23.2 Å². The van der Waals surface area contributed by atoms with E-state index in [9.17, 15) is 9.59 Å². The second-order valence-corrected chi connectivity index (χ2v) is 10.6. The third-order valence-electron chi connectivity index (χ3n) is 5.39. The molecule has 3 rings (SSSR count). The number of nitrogens with zero attached hydrogens (tertiary/aromatic N) is 3. The number of nitrogens with one attached hydrogen (secondary N) is 2. The Kier molecular flexibility index (Phi) is 8.13. The third kappa shape index (κ3) is 6.77. The fraction of sp³-hybridized carbons (Fsp3) is 0.346. The van der Waals surface area contributed by atoms with Crippen molar-refractivity contribution >= 4 is 46.6 Å². The van der Waals surface area contributed by atoms with Gasteiger partial charge >= 0.3 is 6.03 Å². The van der Waals surface area contributed by atoms with Gasteiger partial charge in [0, 0.05) is 23.2 Å². The summed E-state index contributed by atoms with van der Waals surface area (Å²) in [7, 11) is 0. The number of benzene rings is 2. The first-order chi connectivity index (χ1) is 16.3. The maximum atomic E-state index is 13.1. The molecule has 0 atom stereocenters. The van der Waals surface area contributed by atoms with Gasteiger partial charge in [-0.3, -0.25) is 4.79 Å². The predicted octanol–water partition coefficient (Wildman–Crippen LogP) is 6.67. The van der Waals surface area contributed by atoms with Crippen molar-refractivity contribution in [3.63, 3.8) is 0 Å². The first-order valence-corrected chi connectivity index (χ1v) is 12.1. The molecule has 0 radical (unpaired) electrons. The Morgan fingerprint density at radius 3 is 2.23 bits per heavy atom. The summed E-state index contributed by atoms with van der Waals surface area (Å²) in [6, 6.07) is 13.9. The molecule has 1 aromatic heterocycles. The summed E-state index contributed by atoms with van der Waals surface area (Å²) in [5, 5.41) is 11.3. The molecule has 0 aliphatic heterocycles. The van der Waals surface area contributed by atoms with Crippen molar-refractivity contribution < 1.29 is 9.59 Å². The largest absolute Gasteiger partial charge is 0.322 e. The normalized spacial score (nSPS) is 11.5. The molecule has 0 spiro atoms. The summed E-state index contributed by atoms with van der Waals surface area (Å²) in [6.07, 6.45) is 0. The summed E-state index contributed by atoms with van der Waals surface area (Å²) >= 11 is 12.3. The minimum Gasteiger partial charge on any atom is -0.313 e. The number of aromatic nitrogens is 2. The van der Waals surface area contributed by atoms with E-state index in [0.29, 0.717) is 27.2 Å². The van der Waals surface area contributed by atoms with Crippen molar-refractivity contribution in [1.29, 1.82) is 0 Å². The van der Waals surface area contributed by atoms with Crippen LogP contribution in [0.4, 0.5) is 16.3 Å². The summed E-state index contributed by atoms with van der Waals surface area (Å²) in [5.41, 5.74) is 2.95. The summed E-state index contributed by atoms with van der Waals surface area (Å²) in [5.74, 6) is 0.125. The van der Waals surface area contributed by atoms with Gasteiger partial charge in [-0.05, 0) is 51.1 Å². The maximum Gasteiger partial charge on any atom is 0.322 e. The van der Waals surface area contributed by atoms with E-state index in [1.54, 1.807) is 22.9 Å². The van der Waals surface area contributed by atoms with Gasteiger partial charge in [0.25, 0.3) is 0 Å². The van der Waals surface area contributed by atoms with Crippen LogP contribution in [0.5, 0.6) is 0 Å². The predicted molar refractivity (Wildman–Crippen MR) is 143 cm³/mol. The lowest BCUT2D eigenvalue weighted by Gasteiger charge is -2.26. The van der Waals surface area contributed by atoms with Crippen molar-refractivity contribution in [2.45, 2.75) is 53.0 Å². The molecule has 0 fully saturated rings. The van der Waals surface area contributed by atoms with E-state index in [0.717, 1.165) is 11.3 Å². The first kappa shape index (κ1) is 26.6. The van der Waals surface area contributed by atoms with Crippen LogP contribution in [0.3, 0.4) is 0 Å². The van der Waals surface area contributed by atoms with E-state index in [1.807, 2.05) is 71.9 Å². The molecule has 9 heteroatoms. The monoisotopic (exact) mass is 515 g/mol. The lowest BCUT2D eigenvalue weighted by atomic mass is 9.92. The number of hydrogen-bond acceptors (Lipinski definition) is 3. The van der Waals surface area contributed by atoms with Crippen LogP contribution in [0.15, 0.2) is 48.5 Å². The molecule has 0 saturated heterocycles. The molecule has 3 amide bonds. The Morgan fingerprint density at radius 1 is 1.00 bits per heavy atom. The standard InChI is InChI=1S/C26H31Cl2N5O2/c1-16(2)32(25(35)29-18-9-7-17(3)8-10-18)15-24(34)30-23-14-22(26(4,5)6)31-33(23)19-11-12-20(27)21(28)13-19/h7-14,16H,15H2,1-6H3,(H,29,35)(H,30,34). The van der Waals surface area contributed by atoms with Gasteiger partial charge in [-0.2, -0.15) is 5.10 Å². The molecular formula is C26H31Cl2N5O2. The number of halogens is 2. The van der Waals surface area contributed by atoms with E-state index in [-0.39, 0.29) is 29.9 Å². The second-order valence-electron chi connectivity index (χ2n) is 9.74. The van der Waals surface area contributed by atoms with Gasteiger partial charge in [-0.15, -0.1) is 0 Å². The van der Waals surface area contributed by atoms with Gasteiger partial charge in [-0.1, -0.05) is 61.7 Å². The molecule has 0 aliphatic carbocycles. The van der Waals surface area contributed by atoms with Gasteiger partial charge in [0.05, 0.1) is 21.4 Å². The highest BCUT2D eigenvalue weighted by Gasteiger charge is 2.24. The molecule has 1 heterocycles. The van der Waals surface area contributed by atoms with Crippen LogP contribution in [0.1, 0.15) is 45.9 Å². The Labute approximate surface area is 216 Å². The lowest BCUT2D eigenvalue weighted by Crippen LogP contribution is -2.44. The van der Waals surface area contributed by atoms with Crippen LogP contribution < -0.4 is 10.6 Å². The highest BCUT2D eigenvalue weighted by molar-refractivity contribution is 6.42. The minimum atomic E-state index is -0.354. The molecule has 186 valence electrons. The van der Waals surface area contributed by atoms with E-state index < -0.39 is 0 Å². The molecular weight excluding hydrogens is 485 g/mol. The number of hydrogen-bond donors (Lipinski definition) is 2. The zero-order chi connectivity index (χ0) is 25.9. The number of amides is 3. The first-order valence-electron chi connectivity index (χ1n) is 11.4. The van der Waals surface area contributed by atoms with Crippen LogP contribution in [0.25, 0.3) is 5.69 Å². The summed E-state index contributed by atoms with van der Waals surface area (Å²) in [6.45, 7) is 11.7. The fourth-order valence-corrected chi connectivity index (χ4v) is 3.60. The number of carbonyl (C=O) groups excluding carboxylic acids is 2. The average Bonchev–Trinajstić information content (AvgIpc) is 3.19. The third-order valence-corrected chi connectivity index (χ3v) is 6.13. The van der Waals surface area contributed by atoms with Gasteiger partial charge in [-0.25, -0.2) is 9.48 Å². The number of anilines is 2. The topological polar surface area (TPSA) is 79.3 Å². The number of aryl methyl sites for hydroxylation is 1. The molecule has 35 heavy (non-hydrogen) atoms. The quantitative estimate of drug-likeness (QED) is 0.384. The zero-order valence-electron chi connectivity index (χ0n) is 20.8. The highest BCUT2D eigenvalue weighted by Crippen LogP contribution is 2.29. The highest BCUT2D eigenvalue weighted by atomic mass is 35.5. The molecule has 3 aromatic rings. The van der Waals surface area contributed by atoms with Crippen molar-refractivity contribution in [2.24, 2.45) is 0 Å². The SMILES string of the molecule is Cc1ccc(NC(=O)N(CC(=O)Nc2cc(C(C)(C)C)nn2-c2ccc(Cl)c(Cl)c2)C(C)C)cc1. The van der Waals surface area contributed by atoms with Gasteiger partial charge in [0.15, 0.2) is 0 Å². The van der Waals surface area contributed by atoms with Crippen molar-refractivity contribution in [3.05, 3.63) is 69.8 Å². The van der Waals surface area contributed by atoms with E-state index in [1.165, 1.54) is 4.90 Å². The Hall–Kier alpha value is -3.03. The van der Waals surface area contributed by atoms with Crippen molar-refractivity contribution in [3.8, 4) is 5.69 Å². The smallest absolute Gasteiger partial charge is 0.313 e. The van der Waals surface area contributed by atoms with Gasteiger partial charge in [0.2, 0.25) is 5.91 Å². The molecule has 0 saturated carbocycles.